The first-order valence-corrected chi connectivity index (χ1v) is 8.61. The van der Waals surface area contributed by atoms with Crippen LogP contribution in [0.15, 0.2) is 53.4 Å². The highest BCUT2D eigenvalue weighted by molar-refractivity contribution is 7.91. The molecule has 4 nitrogen and oxygen atoms in total. The number of halogens is 1. The highest BCUT2D eigenvalue weighted by atomic mass is 35.5. The molecule has 116 valence electrons. The van der Waals surface area contributed by atoms with Crippen LogP contribution in [0.4, 0.5) is 0 Å². The zero-order valence-corrected chi connectivity index (χ0v) is 13.5. The van der Waals surface area contributed by atoms with Gasteiger partial charge in [0.1, 0.15) is 5.75 Å². The van der Waals surface area contributed by atoms with E-state index in [1.165, 1.54) is 31.4 Å². The van der Waals surface area contributed by atoms with Gasteiger partial charge >= 0.3 is 0 Å². The molecular formula is C16H15ClO4S. The summed E-state index contributed by atoms with van der Waals surface area (Å²) in [6.45, 7) is 0. The molecule has 6 heteroatoms. The summed E-state index contributed by atoms with van der Waals surface area (Å²) in [5, 5.41) is 0.466. The van der Waals surface area contributed by atoms with Gasteiger partial charge in [-0.2, -0.15) is 0 Å². The second-order valence-electron chi connectivity index (χ2n) is 4.67. The molecule has 0 aromatic heterocycles. The van der Waals surface area contributed by atoms with Gasteiger partial charge < -0.3 is 4.74 Å². The summed E-state index contributed by atoms with van der Waals surface area (Å²) in [6, 6.07) is 12.5. The van der Waals surface area contributed by atoms with E-state index in [9.17, 15) is 13.2 Å². The Balaban J connectivity index is 2.04. The van der Waals surface area contributed by atoms with Crippen molar-refractivity contribution in [1.82, 2.24) is 0 Å². The van der Waals surface area contributed by atoms with E-state index in [-0.39, 0.29) is 22.9 Å². The van der Waals surface area contributed by atoms with Gasteiger partial charge in [0.2, 0.25) is 0 Å². The third-order valence-electron chi connectivity index (χ3n) is 3.18. The van der Waals surface area contributed by atoms with Gasteiger partial charge in [0.15, 0.2) is 15.6 Å². The lowest BCUT2D eigenvalue weighted by atomic mass is 10.1. The molecule has 0 fully saturated rings. The Labute approximate surface area is 134 Å². The zero-order chi connectivity index (χ0) is 16.2. The van der Waals surface area contributed by atoms with E-state index in [0.29, 0.717) is 16.3 Å². The predicted molar refractivity (Wildman–Crippen MR) is 85.4 cm³/mol. The van der Waals surface area contributed by atoms with Crippen LogP contribution in [0.2, 0.25) is 5.02 Å². The second kappa shape index (κ2) is 6.94. The molecule has 2 aromatic rings. The quantitative estimate of drug-likeness (QED) is 0.757. The van der Waals surface area contributed by atoms with Crippen LogP contribution < -0.4 is 4.74 Å². The standard InChI is InChI=1S/C16H15ClO4S/c1-21-14-6-2-12(3-7-14)16(18)10-11-22(19,20)15-8-4-13(17)5-9-15/h2-9H,10-11H2,1H3. The summed E-state index contributed by atoms with van der Waals surface area (Å²) in [4.78, 5) is 12.2. The largest absolute Gasteiger partial charge is 0.497 e. The van der Waals surface area contributed by atoms with Crippen LogP contribution >= 0.6 is 11.6 Å². The molecule has 0 atom stereocenters. The number of ether oxygens (including phenoxy) is 1. The van der Waals surface area contributed by atoms with Gasteiger partial charge in [-0.3, -0.25) is 4.79 Å². The summed E-state index contributed by atoms with van der Waals surface area (Å²) in [5.74, 6) is 0.185. The van der Waals surface area contributed by atoms with Gasteiger partial charge in [-0.1, -0.05) is 11.6 Å². The van der Waals surface area contributed by atoms with Crippen molar-refractivity contribution >= 4 is 27.2 Å². The number of carbonyl (C=O) groups excluding carboxylic acids is 1. The average Bonchev–Trinajstić information content (AvgIpc) is 2.53. The molecule has 0 saturated carbocycles. The Morgan fingerprint density at radius 1 is 1.05 bits per heavy atom. The Morgan fingerprint density at radius 3 is 2.18 bits per heavy atom. The van der Waals surface area contributed by atoms with Crippen LogP contribution in [-0.4, -0.2) is 27.1 Å². The van der Waals surface area contributed by atoms with E-state index in [4.69, 9.17) is 16.3 Å². The topological polar surface area (TPSA) is 60.4 Å². The number of Topliss-reactive ketones (excluding diaryl/α,β-unsaturated/α-hetero) is 1. The molecule has 0 spiro atoms. The molecule has 0 bridgehead atoms. The average molecular weight is 339 g/mol. The maximum Gasteiger partial charge on any atom is 0.178 e. The number of hydrogen-bond donors (Lipinski definition) is 0. The molecule has 0 aliphatic heterocycles. The Kier molecular flexibility index (Phi) is 5.21. The molecule has 2 aromatic carbocycles. The fourth-order valence-corrected chi connectivity index (χ4v) is 3.27. The molecule has 2 rings (SSSR count). The van der Waals surface area contributed by atoms with E-state index in [1.54, 1.807) is 24.3 Å². The predicted octanol–water partition coefficient (Wildman–Crippen LogP) is 3.40. The summed E-state index contributed by atoms with van der Waals surface area (Å²) in [5.41, 5.74) is 0.465. The number of carbonyl (C=O) groups is 1. The van der Waals surface area contributed by atoms with Crippen molar-refractivity contribution < 1.29 is 17.9 Å². The minimum Gasteiger partial charge on any atom is -0.497 e. The number of benzene rings is 2. The first-order valence-electron chi connectivity index (χ1n) is 6.58. The Hall–Kier alpha value is -1.85. The highest BCUT2D eigenvalue weighted by Crippen LogP contribution is 2.17. The van der Waals surface area contributed by atoms with Crippen molar-refractivity contribution in [1.29, 1.82) is 0 Å². The first-order chi connectivity index (χ1) is 10.4. The molecule has 0 amide bonds. The molecule has 0 radical (unpaired) electrons. The van der Waals surface area contributed by atoms with E-state index >= 15 is 0 Å². The molecule has 22 heavy (non-hydrogen) atoms. The van der Waals surface area contributed by atoms with E-state index in [0.717, 1.165) is 0 Å². The van der Waals surface area contributed by atoms with E-state index in [1.807, 2.05) is 0 Å². The lowest BCUT2D eigenvalue weighted by Gasteiger charge is -2.05. The monoisotopic (exact) mass is 338 g/mol. The fraction of sp³-hybridized carbons (Fsp3) is 0.188. The summed E-state index contributed by atoms with van der Waals surface area (Å²) >= 11 is 5.73. The van der Waals surface area contributed by atoms with Crippen molar-refractivity contribution in [2.75, 3.05) is 12.9 Å². The minimum atomic E-state index is -3.50. The van der Waals surface area contributed by atoms with Crippen LogP contribution in [-0.2, 0) is 9.84 Å². The van der Waals surface area contributed by atoms with Crippen LogP contribution in [0.1, 0.15) is 16.8 Å². The van der Waals surface area contributed by atoms with Gasteiger partial charge in [-0.25, -0.2) is 8.42 Å². The first kappa shape index (κ1) is 16.5. The highest BCUT2D eigenvalue weighted by Gasteiger charge is 2.17. The molecule has 0 heterocycles. The van der Waals surface area contributed by atoms with Gasteiger partial charge in [-0.05, 0) is 48.5 Å². The van der Waals surface area contributed by atoms with Crippen molar-refractivity contribution in [3.05, 3.63) is 59.1 Å². The summed E-state index contributed by atoms with van der Waals surface area (Å²) in [7, 11) is -1.96. The van der Waals surface area contributed by atoms with Gasteiger partial charge in [0.05, 0.1) is 17.8 Å². The Morgan fingerprint density at radius 2 is 1.64 bits per heavy atom. The van der Waals surface area contributed by atoms with Crippen molar-refractivity contribution in [2.45, 2.75) is 11.3 Å². The fourth-order valence-electron chi connectivity index (χ4n) is 1.91. The summed E-state index contributed by atoms with van der Waals surface area (Å²) < 4.78 is 29.3. The van der Waals surface area contributed by atoms with E-state index in [2.05, 4.69) is 0 Å². The SMILES string of the molecule is COc1ccc(C(=O)CCS(=O)(=O)c2ccc(Cl)cc2)cc1. The number of hydrogen-bond acceptors (Lipinski definition) is 4. The van der Waals surface area contributed by atoms with Crippen LogP contribution in [0, 0.1) is 0 Å². The molecule has 0 aliphatic rings. The maximum absolute atomic E-state index is 12.2. The molecule has 0 N–H and O–H groups in total. The lowest BCUT2D eigenvalue weighted by Crippen LogP contribution is -2.11. The number of methoxy groups -OCH3 is 1. The van der Waals surface area contributed by atoms with Crippen LogP contribution in [0.25, 0.3) is 0 Å². The van der Waals surface area contributed by atoms with Gasteiger partial charge in [0, 0.05) is 17.0 Å². The Bertz CT molecular complexity index is 750. The van der Waals surface area contributed by atoms with Crippen molar-refractivity contribution in [2.24, 2.45) is 0 Å². The third-order valence-corrected chi connectivity index (χ3v) is 5.17. The lowest BCUT2D eigenvalue weighted by molar-refractivity contribution is 0.0988. The van der Waals surface area contributed by atoms with Gasteiger partial charge in [-0.15, -0.1) is 0 Å². The van der Waals surface area contributed by atoms with Gasteiger partial charge in [0.25, 0.3) is 0 Å². The number of sulfone groups is 1. The van der Waals surface area contributed by atoms with E-state index < -0.39 is 9.84 Å². The summed E-state index contributed by atoms with van der Waals surface area (Å²) in [6.07, 6.45) is -0.0721. The minimum absolute atomic E-state index is 0.0721. The molecular weight excluding hydrogens is 324 g/mol. The van der Waals surface area contributed by atoms with Crippen LogP contribution in [0.5, 0.6) is 5.75 Å². The third kappa shape index (κ3) is 4.08. The van der Waals surface area contributed by atoms with Crippen molar-refractivity contribution in [3.8, 4) is 5.75 Å². The molecule has 0 aliphatic carbocycles. The molecule has 0 saturated heterocycles. The maximum atomic E-state index is 12.2. The van der Waals surface area contributed by atoms with Crippen LogP contribution in [0.3, 0.4) is 0 Å². The van der Waals surface area contributed by atoms with Crippen molar-refractivity contribution in [3.63, 3.8) is 0 Å². The zero-order valence-electron chi connectivity index (χ0n) is 12.0. The smallest absolute Gasteiger partial charge is 0.178 e. The molecule has 0 unspecified atom stereocenters. The number of rotatable bonds is 6. The number of ketones is 1. The second-order valence-corrected chi connectivity index (χ2v) is 7.22. The normalized spacial score (nSPS) is 11.2.